The van der Waals surface area contributed by atoms with Gasteiger partial charge in [-0.15, -0.1) is 0 Å². The summed E-state index contributed by atoms with van der Waals surface area (Å²) in [4.78, 5) is 0. The van der Waals surface area contributed by atoms with Gasteiger partial charge in [0.05, 0.1) is 11.6 Å². The fourth-order valence-electron chi connectivity index (χ4n) is 1.36. The molecule has 0 saturated heterocycles. The van der Waals surface area contributed by atoms with Crippen LogP contribution in [0.15, 0.2) is 12.1 Å². The smallest absolute Gasteiger partial charge is 0.142 e. The summed E-state index contributed by atoms with van der Waals surface area (Å²) in [7, 11) is 0. The highest BCUT2D eigenvalue weighted by molar-refractivity contribution is 6.34. The first kappa shape index (κ1) is 11.7. The molecule has 14 heavy (non-hydrogen) atoms. The predicted octanol–water partition coefficient (Wildman–Crippen LogP) is 4.34. The number of hydrogen-bond acceptors (Lipinski definition) is 1. The fraction of sp³-hybridized carbons (Fsp3) is 0.455. The zero-order chi connectivity index (χ0) is 10.6. The van der Waals surface area contributed by atoms with E-state index in [4.69, 9.17) is 27.9 Å². The van der Waals surface area contributed by atoms with Gasteiger partial charge in [0, 0.05) is 10.6 Å². The van der Waals surface area contributed by atoms with Crippen LogP contribution in [0.1, 0.15) is 25.8 Å². The molecule has 0 N–H and O–H groups in total. The molecule has 0 aliphatic rings. The number of halogens is 2. The first-order chi connectivity index (χ1) is 6.70. The van der Waals surface area contributed by atoms with Crippen LogP contribution < -0.4 is 4.74 Å². The zero-order valence-electron chi connectivity index (χ0n) is 8.44. The van der Waals surface area contributed by atoms with Crippen molar-refractivity contribution < 1.29 is 4.74 Å². The molecule has 1 aromatic carbocycles. The summed E-state index contributed by atoms with van der Waals surface area (Å²) in [6.45, 7) is 4.65. The summed E-state index contributed by atoms with van der Waals surface area (Å²) in [5.74, 6) is 0.739. The minimum absolute atomic E-state index is 0.608. The molecule has 3 heteroatoms. The van der Waals surface area contributed by atoms with Crippen molar-refractivity contribution in [1.82, 2.24) is 0 Å². The standard InChI is InChI=1S/C11H14Cl2O/c1-3-5-8-9(12)6-7-10(13)11(8)14-4-2/h6-7H,3-5H2,1-2H3. The van der Waals surface area contributed by atoms with E-state index in [0.717, 1.165) is 29.2 Å². The van der Waals surface area contributed by atoms with E-state index >= 15 is 0 Å². The van der Waals surface area contributed by atoms with E-state index in [1.807, 2.05) is 13.0 Å². The number of hydrogen-bond donors (Lipinski definition) is 0. The van der Waals surface area contributed by atoms with Gasteiger partial charge in [-0.05, 0) is 25.5 Å². The van der Waals surface area contributed by atoms with Crippen LogP contribution in [-0.2, 0) is 6.42 Å². The monoisotopic (exact) mass is 232 g/mol. The van der Waals surface area contributed by atoms with Gasteiger partial charge in [-0.3, -0.25) is 0 Å². The van der Waals surface area contributed by atoms with Crippen LogP contribution in [0.25, 0.3) is 0 Å². The Balaban J connectivity index is 3.12. The normalized spacial score (nSPS) is 10.3. The first-order valence-electron chi connectivity index (χ1n) is 4.80. The average molecular weight is 233 g/mol. The van der Waals surface area contributed by atoms with E-state index in [-0.39, 0.29) is 0 Å². The van der Waals surface area contributed by atoms with Crippen LogP contribution in [0.4, 0.5) is 0 Å². The van der Waals surface area contributed by atoms with Crippen molar-refractivity contribution >= 4 is 23.2 Å². The second kappa shape index (κ2) is 5.47. The SMILES string of the molecule is CCCc1c(Cl)ccc(Cl)c1OCC. The van der Waals surface area contributed by atoms with Crippen LogP contribution >= 0.6 is 23.2 Å². The Morgan fingerprint density at radius 1 is 1.14 bits per heavy atom. The Bertz CT molecular complexity index is 279. The van der Waals surface area contributed by atoms with E-state index in [1.54, 1.807) is 6.07 Å². The molecule has 1 rings (SSSR count). The van der Waals surface area contributed by atoms with Crippen LogP contribution in [0.2, 0.25) is 10.0 Å². The van der Waals surface area contributed by atoms with Crippen molar-refractivity contribution in [2.24, 2.45) is 0 Å². The third kappa shape index (κ3) is 2.55. The second-order valence-electron chi connectivity index (χ2n) is 3.02. The summed E-state index contributed by atoms with van der Waals surface area (Å²) in [6.07, 6.45) is 1.93. The zero-order valence-corrected chi connectivity index (χ0v) is 9.95. The minimum atomic E-state index is 0.608. The second-order valence-corrected chi connectivity index (χ2v) is 3.83. The van der Waals surface area contributed by atoms with E-state index < -0.39 is 0 Å². The molecule has 0 radical (unpaired) electrons. The van der Waals surface area contributed by atoms with Crippen molar-refractivity contribution in [2.45, 2.75) is 26.7 Å². The topological polar surface area (TPSA) is 9.23 Å². The minimum Gasteiger partial charge on any atom is -0.492 e. The molecule has 78 valence electrons. The van der Waals surface area contributed by atoms with Crippen LogP contribution in [0.5, 0.6) is 5.75 Å². The Hall–Kier alpha value is -0.400. The quantitative estimate of drug-likeness (QED) is 0.751. The van der Waals surface area contributed by atoms with Crippen LogP contribution in [-0.4, -0.2) is 6.61 Å². The van der Waals surface area contributed by atoms with E-state index in [2.05, 4.69) is 6.92 Å². The highest BCUT2D eigenvalue weighted by Gasteiger charge is 2.11. The van der Waals surface area contributed by atoms with Gasteiger partial charge in [-0.2, -0.15) is 0 Å². The molecule has 0 saturated carbocycles. The van der Waals surface area contributed by atoms with E-state index in [1.165, 1.54) is 0 Å². The van der Waals surface area contributed by atoms with Crippen LogP contribution in [0, 0.1) is 0 Å². The molecule has 1 nitrogen and oxygen atoms in total. The molecule has 0 spiro atoms. The lowest BCUT2D eigenvalue weighted by Gasteiger charge is -2.12. The van der Waals surface area contributed by atoms with Crippen molar-refractivity contribution in [3.8, 4) is 5.75 Å². The van der Waals surface area contributed by atoms with E-state index in [0.29, 0.717) is 11.6 Å². The summed E-state index contributed by atoms with van der Waals surface area (Å²) >= 11 is 12.1. The van der Waals surface area contributed by atoms with Gasteiger partial charge < -0.3 is 4.74 Å². The molecular weight excluding hydrogens is 219 g/mol. The molecule has 0 aliphatic heterocycles. The lowest BCUT2D eigenvalue weighted by atomic mass is 10.1. The molecule has 0 amide bonds. The molecule has 0 bridgehead atoms. The first-order valence-corrected chi connectivity index (χ1v) is 5.56. The molecule has 0 heterocycles. The Morgan fingerprint density at radius 2 is 1.79 bits per heavy atom. The van der Waals surface area contributed by atoms with Gasteiger partial charge >= 0.3 is 0 Å². The van der Waals surface area contributed by atoms with Gasteiger partial charge in [-0.1, -0.05) is 36.5 Å². The maximum absolute atomic E-state index is 6.08. The highest BCUT2D eigenvalue weighted by atomic mass is 35.5. The molecule has 0 aromatic heterocycles. The van der Waals surface area contributed by atoms with Gasteiger partial charge in [0.2, 0.25) is 0 Å². The van der Waals surface area contributed by atoms with Gasteiger partial charge in [0.25, 0.3) is 0 Å². The number of benzene rings is 1. The number of rotatable bonds is 4. The Morgan fingerprint density at radius 3 is 2.36 bits per heavy atom. The summed E-state index contributed by atoms with van der Waals surface area (Å²) in [5.41, 5.74) is 1.02. The lowest BCUT2D eigenvalue weighted by molar-refractivity contribution is 0.336. The summed E-state index contributed by atoms with van der Waals surface area (Å²) < 4.78 is 5.48. The Labute approximate surface area is 95.0 Å². The van der Waals surface area contributed by atoms with Gasteiger partial charge in [-0.25, -0.2) is 0 Å². The van der Waals surface area contributed by atoms with Crippen LogP contribution in [0.3, 0.4) is 0 Å². The third-order valence-corrected chi connectivity index (χ3v) is 2.60. The lowest BCUT2D eigenvalue weighted by Crippen LogP contribution is -1.98. The maximum atomic E-state index is 6.08. The molecule has 0 atom stereocenters. The number of ether oxygens (including phenoxy) is 1. The average Bonchev–Trinajstić information content (AvgIpc) is 2.17. The molecule has 1 aromatic rings. The van der Waals surface area contributed by atoms with Crippen molar-refractivity contribution in [2.75, 3.05) is 6.61 Å². The van der Waals surface area contributed by atoms with Gasteiger partial charge in [0.15, 0.2) is 0 Å². The van der Waals surface area contributed by atoms with Gasteiger partial charge in [0.1, 0.15) is 5.75 Å². The third-order valence-electron chi connectivity index (χ3n) is 1.94. The Kier molecular flexibility index (Phi) is 4.56. The van der Waals surface area contributed by atoms with Crippen molar-refractivity contribution in [1.29, 1.82) is 0 Å². The van der Waals surface area contributed by atoms with Crippen molar-refractivity contribution in [3.63, 3.8) is 0 Å². The summed E-state index contributed by atoms with van der Waals surface area (Å²) in [6, 6.07) is 3.59. The molecule has 0 fully saturated rings. The van der Waals surface area contributed by atoms with E-state index in [9.17, 15) is 0 Å². The highest BCUT2D eigenvalue weighted by Crippen LogP contribution is 2.34. The fourth-order valence-corrected chi connectivity index (χ4v) is 1.83. The predicted molar refractivity (Wildman–Crippen MR) is 61.6 cm³/mol. The molecular formula is C11H14Cl2O. The largest absolute Gasteiger partial charge is 0.492 e. The molecule has 0 aliphatic carbocycles. The summed E-state index contributed by atoms with van der Waals surface area (Å²) in [5, 5.41) is 1.37. The maximum Gasteiger partial charge on any atom is 0.142 e. The molecule has 0 unspecified atom stereocenters. The van der Waals surface area contributed by atoms with Crippen molar-refractivity contribution in [3.05, 3.63) is 27.7 Å².